The second kappa shape index (κ2) is 3.73. The fourth-order valence-electron chi connectivity index (χ4n) is 1.76. The zero-order valence-corrected chi connectivity index (χ0v) is 9.52. The number of nitrogens with two attached hydrogens (primary N) is 1. The van der Waals surface area contributed by atoms with Crippen LogP contribution < -0.4 is 17.0 Å². The predicted octanol–water partition coefficient (Wildman–Crippen LogP) is -0.106. The summed E-state index contributed by atoms with van der Waals surface area (Å²) in [6, 6.07) is 4.57. The van der Waals surface area contributed by atoms with Crippen molar-refractivity contribution in [2.24, 2.45) is 0 Å². The van der Waals surface area contributed by atoms with Crippen molar-refractivity contribution in [3.05, 3.63) is 39.0 Å². The van der Waals surface area contributed by atoms with Crippen molar-refractivity contribution in [2.45, 2.75) is 0 Å². The minimum atomic E-state index is -0.629. The Morgan fingerprint density at radius 1 is 1.16 bits per heavy atom. The fraction of sp³-hybridized carbons (Fsp3) is 0. The van der Waals surface area contributed by atoms with Crippen LogP contribution in [0.5, 0.6) is 5.75 Å². The SMILES string of the molecule is Nc1ccc(-c2nc3[nH]c(=O)[nH]c(=O)c3[nH]2)cc1O. The van der Waals surface area contributed by atoms with Crippen LogP contribution in [0.25, 0.3) is 22.6 Å². The number of hydrogen-bond acceptors (Lipinski definition) is 5. The van der Waals surface area contributed by atoms with Gasteiger partial charge in [-0.15, -0.1) is 0 Å². The Morgan fingerprint density at radius 3 is 2.68 bits per heavy atom. The highest BCUT2D eigenvalue weighted by molar-refractivity contribution is 5.75. The zero-order valence-electron chi connectivity index (χ0n) is 9.52. The van der Waals surface area contributed by atoms with Crippen LogP contribution in [-0.4, -0.2) is 25.0 Å². The molecule has 8 heteroatoms. The number of fused-ring (bicyclic) bond motifs is 1. The summed E-state index contributed by atoms with van der Waals surface area (Å²) in [5.74, 6) is 0.262. The average molecular weight is 259 g/mol. The summed E-state index contributed by atoms with van der Waals surface area (Å²) in [5, 5.41) is 9.54. The molecular formula is C11H9N5O3. The summed E-state index contributed by atoms with van der Waals surface area (Å²) >= 11 is 0. The third kappa shape index (κ3) is 1.75. The van der Waals surface area contributed by atoms with Gasteiger partial charge in [0.25, 0.3) is 5.56 Å². The van der Waals surface area contributed by atoms with Gasteiger partial charge in [-0.1, -0.05) is 0 Å². The van der Waals surface area contributed by atoms with Gasteiger partial charge in [0, 0.05) is 5.56 Å². The molecule has 3 aromatic rings. The monoisotopic (exact) mass is 259 g/mol. The maximum Gasteiger partial charge on any atom is 0.327 e. The first-order valence-electron chi connectivity index (χ1n) is 5.36. The Bertz CT molecular complexity index is 889. The number of aromatic nitrogens is 4. The summed E-state index contributed by atoms with van der Waals surface area (Å²) in [6.45, 7) is 0. The van der Waals surface area contributed by atoms with Crippen LogP contribution in [-0.2, 0) is 0 Å². The molecule has 0 saturated carbocycles. The van der Waals surface area contributed by atoms with Gasteiger partial charge in [0.1, 0.15) is 17.1 Å². The normalized spacial score (nSPS) is 10.9. The molecule has 19 heavy (non-hydrogen) atoms. The topological polar surface area (TPSA) is 141 Å². The number of aromatic amines is 3. The molecule has 6 N–H and O–H groups in total. The fourth-order valence-corrected chi connectivity index (χ4v) is 1.76. The molecule has 0 unspecified atom stereocenters. The molecule has 1 aromatic carbocycles. The van der Waals surface area contributed by atoms with E-state index in [0.717, 1.165) is 0 Å². The largest absolute Gasteiger partial charge is 0.506 e. The number of nitrogens with zero attached hydrogens (tertiary/aromatic N) is 1. The van der Waals surface area contributed by atoms with Crippen LogP contribution in [0, 0.1) is 0 Å². The number of imidazole rings is 1. The van der Waals surface area contributed by atoms with E-state index in [1.807, 2.05) is 0 Å². The second-order valence-corrected chi connectivity index (χ2v) is 3.99. The van der Waals surface area contributed by atoms with Crippen LogP contribution in [0.2, 0.25) is 0 Å². The molecule has 0 aliphatic heterocycles. The molecule has 0 amide bonds. The molecule has 0 fully saturated rings. The molecule has 0 atom stereocenters. The summed E-state index contributed by atoms with van der Waals surface area (Å²) in [6.07, 6.45) is 0. The lowest BCUT2D eigenvalue weighted by Crippen LogP contribution is -2.21. The Kier molecular flexibility index (Phi) is 2.18. The predicted molar refractivity (Wildman–Crippen MR) is 68.8 cm³/mol. The summed E-state index contributed by atoms with van der Waals surface area (Å²) < 4.78 is 0. The number of hydrogen-bond donors (Lipinski definition) is 5. The van der Waals surface area contributed by atoms with Gasteiger partial charge in [-0.25, -0.2) is 9.78 Å². The first kappa shape index (κ1) is 11.1. The third-order valence-corrected chi connectivity index (χ3v) is 2.69. The van der Waals surface area contributed by atoms with E-state index in [-0.39, 0.29) is 22.6 Å². The second-order valence-electron chi connectivity index (χ2n) is 3.99. The highest BCUT2D eigenvalue weighted by Gasteiger charge is 2.10. The summed E-state index contributed by atoms with van der Waals surface area (Å²) in [4.78, 5) is 34.0. The van der Waals surface area contributed by atoms with Crippen LogP contribution in [0.4, 0.5) is 5.69 Å². The van der Waals surface area contributed by atoms with Crippen LogP contribution in [0.15, 0.2) is 27.8 Å². The van der Waals surface area contributed by atoms with E-state index in [2.05, 4.69) is 19.9 Å². The number of anilines is 1. The Balaban J connectivity index is 2.26. The van der Waals surface area contributed by atoms with Crippen LogP contribution in [0.3, 0.4) is 0 Å². The maximum atomic E-state index is 11.5. The number of H-pyrrole nitrogens is 3. The Hall–Kier alpha value is -3.03. The van der Waals surface area contributed by atoms with Crippen molar-refractivity contribution < 1.29 is 5.11 Å². The molecule has 0 saturated heterocycles. The van der Waals surface area contributed by atoms with E-state index >= 15 is 0 Å². The molecule has 96 valence electrons. The van der Waals surface area contributed by atoms with E-state index in [1.165, 1.54) is 12.1 Å². The number of aromatic hydroxyl groups is 1. The van der Waals surface area contributed by atoms with E-state index < -0.39 is 11.2 Å². The highest BCUT2D eigenvalue weighted by Crippen LogP contribution is 2.26. The van der Waals surface area contributed by atoms with Gasteiger partial charge in [-0.3, -0.25) is 14.8 Å². The molecule has 0 aliphatic rings. The Labute approximate surface area is 104 Å². The third-order valence-electron chi connectivity index (χ3n) is 2.69. The Morgan fingerprint density at radius 2 is 1.95 bits per heavy atom. The molecule has 0 spiro atoms. The smallest absolute Gasteiger partial charge is 0.327 e. The number of nitrogen functional groups attached to an aromatic ring is 1. The van der Waals surface area contributed by atoms with Crippen molar-refractivity contribution in [2.75, 3.05) is 5.73 Å². The summed E-state index contributed by atoms with van der Waals surface area (Å²) in [5.41, 5.74) is 5.41. The minimum Gasteiger partial charge on any atom is -0.506 e. The summed E-state index contributed by atoms with van der Waals surface area (Å²) in [7, 11) is 0. The van der Waals surface area contributed by atoms with Gasteiger partial charge in [0.2, 0.25) is 0 Å². The lowest BCUT2D eigenvalue weighted by Gasteiger charge is -2.00. The van der Waals surface area contributed by atoms with Gasteiger partial charge in [0.05, 0.1) is 5.69 Å². The van der Waals surface area contributed by atoms with Crippen molar-refractivity contribution in [1.82, 2.24) is 19.9 Å². The molecule has 0 bridgehead atoms. The number of rotatable bonds is 1. The van der Waals surface area contributed by atoms with Crippen molar-refractivity contribution >= 4 is 16.9 Å². The van der Waals surface area contributed by atoms with Gasteiger partial charge < -0.3 is 15.8 Å². The standard InChI is InChI=1S/C11H9N5O3/c12-5-2-1-4(3-6(5)17)8-13-7-9(14-8)15-11(19)16-10(7)18/h1-3,17H,12H2,(H3,13,14,15,16,18,19). The lowest BCUT2D eigenvalue weighted by molar-refractivity contribution is 0.478. The number of phenols is 1. The quantitative estimate of drug-likeness (QED) is 0.306. The van der Waals surface area contributed by atoms with Gasteiger partial charge in [0.15, 0.2) is 5.65 Å². The van der Waals surface area contributed by atoms with Crippen molar-refractivity contribution in [1.29, 1.82) is 0 Å². The van der Waals surface area contributed by atoms with Crippen molar-refractivity contribution in [3.63, 3.8) is 0 Å². The molecule has 2 heterocycles. The molecule has 2 aromatic heterocycles. The van der Waals surface area contributed by atoms with E-state index in [9.17, 15) is 14.7 Å². The van der Waals surface area contributed by atoms with Crippen molar-refractivity contribution in [3.8, 4) is 17.1 Å². The zero-order chi connectivity index (χ0) is 13.6. The molecule has 3 rings (SSSR count). The maximum absolute atomic E-state index is 11.5. The van der Waals surface area contributed by atoms with Crippen LogP contribution in [0.1, 0.15) is 0 Å². The molecular weight excluding hydrogens is 250 g/mol. The highest BCUT2D eigenvalue weighted by atomic mass is 16.3. The van der Waals surface area contributed by atoms with E-state index in [0.29, 0.717) is 11.4 Å². The minimum absolute atomic E-state index is 0.0830. The van der Waals surface area contributed by atoms with Gasteiger partial charge in [-0.2, -0.15) is 0 Å². The van der Waals surface area contributed by atoms with E-state index in [1.54, 1.807) is 6.07 Å². The number of benzene rings is 1. The average Bonchev–Trinajstić information content (AvgIpc) is 2.76. The molecule has 0 aliphatic carbocycles. The number of phenolic OH excluding ortho intramolecular Hbond substituents is 1. The van der Waals surface area contributed by atoms with Gasteiger partial charge >= 0.3 is 5.69 Å². The molecule has 0 radical (unpaired) electrons. The first-order chi connectivity index (χ1) is 9.04. The first-order valence-corrected chi connectivity index (χ1v) is 5.36. The molecule has 8 nitrogen and oxygen atoms in total. The number of nitrogens with one attached hydrogen (secondary N) is 3. The van der Waals surface area contributed by atoms with Gasteiger partial charge in [-0.05, 0) is 18.2 Å². The lowest BCUT2D eigenvalue weighted by atomic mass is 10.2. The van der Waals surface area contributed by atoms with E-state index in [4.69, 9.17) is 5.73 Å². The van der Waals surface area contributed by atoms with Crippen LogP contribution >= 0.6 is 0 Å².